The van der Waals surface area contributed by atoms with E-state index in [4.69, 9.17) is 0 Å². The second-order valence-corrected chi connectivity index (χ2v) is 7.01. The Hall–Kier alpha value is -1.36. The van der Waals surface area contributed by atoms with E-state index in [-0.39, 0.29) is 11.9 Å². The third kappa shape index (κ3) is 2.27. The lowest BCUT2D eigenvalue weighted by molar-refractivity contribution is 0.424. The molecule has 0 saturated heterocycles. The summed E-state index contributed by atoms with van der Waals surface area (Å²) in [6, 6.07) is 13.7. The first-order chi connectivity index (χ1) is 10.2. The average molecular weight is 391 g/mol. The molecule has 21 heavy (non-hydrogen) atoms. The van der Waals surface area contributed by atoms with Crippen LogP contribution >= 0.6 is 22.6 Å². The molecule has 0 bridgehead atoms. The molecule has 1 N–H and O–H groups in total. The third-order valence-electron chi connectivity index (χ3n) is 4.53. The fraction of sp³-hybridized carbons (Fsp3) is 0.222. The van der Waals surface area contributed by atoms with Crippen LogP contribution in [0.4, 0.5) is 10.1 Å². The van der Waals surface area contributed by atoms with E-state index >= 15 is 0 Å². The number of hydrogen-bond donors (Lipinski definition) is 1. The van der Waals surface area contributed by atoms with E-state index in [2.05, 4.69) is 58.3 Å². The Morgan fingerprint density at radius 2 is 2.05 bits per heavy atom. The lowest BCUT2D eigenvalue weighted by atomic mass is 9.77. The maximum Gasteiger partial charge on any atom is 0.123 e. The highest BCUT2D eigenvalue weighted by Gasteiger charge is 2.37. The number of halogens is 2. The van der Waals surface area contributed by atoms with E-state index in [0.29, 0.717) is 11.8 Å². The molecule has 3 heteroatoms. The second kappa shape index (κ2) is 5.13. The Kier molecular flexibility index (Phi) is 3.25. The molecule has 1 nitrogen and oxygen atoms in total. The number of anilines is 1. The molecule has 3 atom stereocenters. The van der Waals surface area contributed by atoms with Crippen molar-refractivity contribution in [3.63, 3.8) is 0 Å². The molecule has 0 spiro atoms. The van der Waals surface area contributed by atoms with Gasteiger partial charge in [0.2, 0.25) is 0 Å². The van der Waals surface area contributed by atoms with E-state index in [9.17, 15) is 4.39 Å². The summed E-state index contributed by atoms with van der Waals surface area (Å²) in [4.78, 5) is 0. The van der Waals surface area contributed by atoms with E-state index in [1.54, 1.807) is 12.1 Å². The van der Waals surface area contributed by atoms with Gasteiger partial charge < -0.3 is 5.32 Å². The number of rotatable bonds is 1. The summed E-state index contributed by atoms with van der Waals surface area (Å²) in [5.41, 5.74) is 3.59. The van der Waals surface area contributed by atoms with E-state index < -0.39 is 0 Å². The van der Waals surface area contributed by atoms with Gasteiger partial charge in [-0.25, -0.2) is 4.39 Å². The van der Waals surface area contributed by atoms with Crippen molar-refractivity contribution < 1.29 is 4.39 Å². The Balaban J connectivity index is 1.80. The maximum atomic E-state index is 13.6. The molecule has 1 aliphatic heterocycles. The van der Waals surface area contributed by atoms with Crippen molar-refractivity contribution >= 4 is 28.3 Å². The van der Waals surface area contributed by atoms with Crippen LogP contribution in [0, 0.1) is 15.3 Å². The fourth-order valence-corrected chi connectivity index (χ4v) is 4.11. The van der Waals surface area contributed by atoms with Gasteiger partial charge in [-0.2, -0.15) is 0 Å². The summed E-state index contributed by atoms with van der Waals surface area (Å²) in [5, 5.41) is 3.63. The van der Waals surface area contributed by atoms with Crippen LogP contribution in [0.3, 0.4) is 0 Å². The van der Waals surface area contributed by atoms with Gasteiger partial charge >= 0.3 is 0 Å². The number of allylic oxidation sites excluding steroid dienone is 2. The first-order valence-electron chi connectivity index (χ1n) is 7.20. The Bertz CT molecular complexity index is 725. The minimum Gasteiger partial charge on any atom is -0.378 e. The lowest BCUT2D eigenvalue weighted by Crippen LogP contribution is -2.29. The smallest absolute Gasteiger partial charge is 0.123 e. The van der Waals surface area contributed by atoms with Crippen LogP contribution in [-0.2, 0) is 0 Å². The van der Waals surface area contributed by atoms with Crippen molar-refractivity contribution in [1.82, 2.24) is 0 Å². The second-order valence-electron chi connectivity index (χ2n) is 5.76. The zero-order valence-corrected chi connectivity index (χ0v) is 13.5. The van der Waals surface area contributed by atoms with Crippen LogP contribution in [0.25, 0.3) is 0 Å². The van der Waals surface area contributed by atoms with Gasteiger partial charge in [0.25, 0.3) is 0 Å². The van der Waals surface area contributed by atoms with Gasteiger partial charge in [-0.15, -0.1) is 0 Å². The van der Waals surface area contributed by atoms with Crippen LogP contribution in [0.5, 0.6) is 0 Å². The van der Waals surface area contributed by atoms with Gasteiger partial charge in [0, 0.05) is 15.2 Å². The summed E-state index contributed by atoms with van der Waals surface area (Å²) in [6.45, 7) is 0. The topological polar surface area (TPSA) is 12.0 Å². The molecule has 106 valence electrons. The molecule has 0 saturated carbocycles. The number of hydrogen-bond acceptors (Lipinski definition) is 1. The van der Waals surface area contributed by atoms with E-state index in [1.165, 1.54) is 20.9 Å². The summed E-state index contributed by atoms with van der Waals surface area (Å²) in [5.74, 6) is 0.743. The molecule has 2 aromatic rings. The first kappa shape index (κ1) is 13.3. The Morgan fingerprint density at radius 3 is 2.90 bits per heavy atom. The monoisotopic (exact) mass is 391 g/mol. The fourth-order valence-electron chi connectivity index (χ4n) is 3.60. The van der Waals surface area contributed by atoms with Crippen molar-refractivity contribution in [2.45, 2.75) is 18.4 Å². The number of fused-ring (bicyclic) bond motifs is 3. The van der Waals surface area contributed by atoms with Crippen molar-refractivity contribution in [2.24, 2.45) is 5.92 Å². The summed E-state index contributed by atoms with van der Waals surface area (Å²) >= 11 is 2.36. The number of nitrogens with one attached hydrogen (secondary N) is 1. The number of benzene rings is 2. The van der Waals surface area contributed by atoms with Crippen molar-refractivity contribution in [3.05, 3.63) is 75.1 Å². The molecular formula is C18H15FIN. The van der Waals surface area contributed by atoms with Crippen LogP contribution in [0.1, 0.15) is 29.5 Å². The quantitative estimate of drug-likeness (QED) is 0.517. The minimum absolute atomic E-state index is 0.162. The van der Waals surface area contributed by atoms with Gasteiger partial charge in [0.1, 0.15) is 5.82 Å². The highest BCUT2D eigenvalue weighted by atomic mass is 127. The van der Waals surface area contributed by atoms with Gasteiger partial charge in [-0.3, -0.25) is 0 Å². The van der Waals surface area contributed by atoms with Crippen LogP contribution in [0.2, 0.25) is 0 Å². The summed E-state index contributed by atoms with van der Waals surface area (Å²) in [6.07, 6.45) is 5.62. The minimum atomic E-state index is -0.162. The van der Waals surface area contributed by atoms with Gasteiger partial charge in [-0.1, -0.05) is 24.3 Å². The largest absolute Gasteiger partial charge is 0.378 e. The Labute approximate surface area is 137 Å². The predicted octanol–water partition coefficient (Wildman–Crippen LogP) is 5.26. The molecule has 2 aromatic carbocycles. The molecular weight excluding hydrogens is 376 g/mol. The van der Waals surface area contributed by atoms with Crippen LogP contribution < -0.4 is 5.32 Å². The molecule has 0 aromatic heterocycles. The van der Waals surface area contributed by atoms with E-state index in [0.717, 1.165) is 12.0 Å². The van der Waals surface area contributed by atoms with Crippen molar-refractivity contribution in [3.8, 4) is 0 Å². The SMILES string of the molecule is Fc1cccc([C@@H]2Nc3ccc(I)cc3[C@@H]3C=CC[C@@H]32)c1. The summed E-state index contributed by atoms with van der Waals surface area (Å²) in [7, 11) is 0. The zero-order valence-electron chi connectivity index (χ0n) is 11.4. The van der Waals surface area contributed by atoms with Crippen LogP contribution in [0.15, 0.2) is 54.6 Å². The molecule has 1 aliphatic carbocycles. The van der Waals surface area contributed by atoms with E-state index in [1.807, 2.05) is 6.07 Å². The molecule has 0 radical (unpaired) electrons. The first-order valence-corrected chi connectivity index (χ1v) is 8.28. The highest BCUT2D eigenvalue weighted by Crippen LogP contribution is 2.49. The molecule has 0 fully saturated rings. The average Bonchev–Trinajstić information content (AvgIpc) is 2.96. The normalized spacial score (nSPS) is 26.1. The molecule has 4 rings (SSSR count). The van der Waals surface area contributed by atoms with Crippen molar-refractivity contribution in [1.29, 1.82) is 0 Å². The molecule has 2 aliphatic rings. The van der Waals surface area contributed by atoms with Crippen molar-refractivity contribution in [2.75, 3.05) is 5.32 Å². The third-order valence-corrected chi connectivity index (χ3v) is 5.20. The predicted molar refractivity (Wildman–Crippen MR) is 91.9 cm³/mol. The lowest BCUT2D eigenvalue weighted by Gasteiger charge is -2.37. The highest BCUT2D eigenvalue weighted by molar-refractivity contribution is 14.1. The summed E-state index contributed by atoms with van der Waals surface area (Å²) < 4.78 is 14.8. The molecule has 0 amide bonds. The standard InChI is InChI=1S/C18H15FIN/c19-12-4-1-3-11(9-12)18-15-6-2-5-14(15)16-10-13(20)7-8-17(16)21-18/h1-5,7-10,14-15,18,21H,6H2/t14-,15+,18+/m1/s1. The molecule has 0 unspecified atom stereocenters. The molecule has 1 heterocycles. The maximum absolute atomic E-state index is 13.6. The van der Waals surface area contributed by atoms with Gasteiger partial charge in [0.15, 0.2) is 0 Å². The Morgan fingerprint density at radius 1 is 1.14 bits per heavy atom. The zero-order chi connectivity index (χ0) is 14.4. The van der Waals surface area contributed by atoms with Crippen LogP contribution in [-0.4, -0.2) is 0 Å². The van der Waals surface area contributed by atoms with Gasteiger partial charge in [0.05, 0.1) is 6.04 Å². The van der Waals surface area contributed by atoms with Gasteiger partial charge in [-0.05, 0) is 76.4 Å².